The molecule has 0 unspecified atom stereocenters. The highest BCUT2D eigenvalue weighted by Gasteiger charge is 2.23. The van der Waals surface area contributed by atoms with Gasteiger partial charge in [-0.1, -0.05) is 66.7 Å². The number of aliphatic imine (C=N–C) groups is 1. The summed E-state index contributed by atoms with van der Waals surface area (Å²) in [5.41, 5.74) is 10.3. The number of fused-ring (bicyclic) bond motifs is 4. The lowest BCUT2D eigenvalue weighted by molar-refractivity contribution is 0.301. The molecule has 1 aliphatic heterocycles. The van der Waals surface area contributed by atoms with Crippen molar-refractivity contribution < 1.29 is 14.9 Å². The summed E-state index contributed by atoms with van der Waals surface area (Å²) in [5, 5.41) is 25.3. The predicted octanol–water partition coefficient (Wildman–Crippen LogP) is 6.22. The van der Waals surface area contributed by atoms with Crippen LogP contribution in [0.3, 0.4) is 0 Å². The van der Waals surface area contributed by atoms with Crippen LogP contribution >= 0.6 is 0 Å². The zero-order valence-corrected chi connectivity index (χ0v) is 19.2. The van der Waals surface area contributed by atoms with Crippen molar-refractivity contribution in [2.75, 3.05) is 6.61 Å². The van der Waals surface area contributed by atoms with Crippen molar-refractivity contribution in [2.45, 2.75) is 13.0 Å². The molecule has 0 amide bonds. The average molecular weight is 461 g/mol. The predicted molar refractivity (Wildman–Crippen MR) is 141 cm³/mol. The lowest BCUT2D eigenvalue weighted by atomic mass is 9.88. The Labute approximate surface area is 202 Å². The van der Waals surface area contributed by atoms with Crippen LogP contribution < -0.4 is 10.5 Å². The van der Waals surface area contributed by atoms with E-state index in [4.69, 9.17) is 15.5 Å². The van der Waals surface area contributed by atoms with E-state index in [9.17, 15) is 10.2 Å². The van der Waals surface area contributed by atoms with Crippen LogP contribution in [0, 0.1) is 0 Å². The van der Waals surface area contributed by atoms with Gasteiger partial charge in [-0.15, -0.1) is 0 Å². The number of ether oxygens (including phenoxy) is 1. The van der Waals surface area contributed by atoms with E-state index in [0.717, 1.165) is 49.5 Å². The van der Waals surface area contributed by atoms with E-state index in [1.807, 2.05) is 55.5 Å². The van der Waals surface area contributed by atoms with Crippen LogP contribution in [0.2, 0.25) is 0 Å². The molecule has 4 N–H and O–H groups in total. The number of phenolic OH excluding ortho intramolecular Hbond substituents is 2. The van der Waals surface area contributed by atoms with Crippen LogP contribution in [0.15, 0.2) is 89.9 Å². The van der Waals surface area contributed by atoms with Crippen LogP contribution in [0.1, 0.15) is 12.5 Å². The quantitative estimate of drug-likeness (QED) is 0.277. The molecule has 172 valence electrons. The van der Waals surface area contributed by atoms with E-state index in [-0.39, 0.29) is 17.5 Å². The molecule has 0 spiro atoms. The van der Waals surface area contributed by atoms with Gasteiger partial charge in [0.2, 0.25) is 0 Å². The summed E-state index contributed by atoms with van der Waals surface area (Å²) in [6.07, 6.45) is 0. The van der Waals surface area contributed by atoms with Crippen LogP contribution in [0.4, 0.5) is 0 Å². The van der Waals surface area contributed by atoms with Crippen molar-refractivity contribution in [1.29, 1.82) is 0 Å². The fraction of sp³-hybridized carbons (Fsp3) is 0.100. The number of hydrogen-bond donors (Lipinski definition) is 3. The lowest BCUT2D eigenvalue weighted by Gasteiger charge is -2.22. The fourth-order valence-electron chi connectivity index (χ4n) is 5.04. The Morgan fingerprint density at radius 1 is 0.771 bits per heavy atom. The van der Waals surface area contributed by atoms with Crippen molar-refractivity contribution in [3.8, 4) is 39.5 Å². The second-order valence-corrected chi connectivity index (χ2v) is 8.90. The first-order chi connectivity index (χ1) is 17.0. The maximum absolute atomic E-state index is 10.7. The van der Waals surface area contributed by atoms with Gasteiger partial charge in [0.15, 0.2) is 0 Å². The zero-order valence-electron chi connectivity index (χ0n) is 19.2. The van der Waals surface area contributed by atoms with Crippen molar-refractivity contribution in [3.05, 3.63) is 90.5 Å². The molecule has 5 aromatic rings. The molecular weight excluding hydrogens is 436 g/mol. The maximum atomic E-state index is 10.7. The highest BCUT2D eigenvalue weighted by molar-refractivity contribution is 6.16. The molecular formula is C30H24N2O3. The van der Waals surface area contributed by atoms with Gasteiger partial charge < -0.3 is 20.7 Å². The van der Waals surface area contributed by atoms with Gasteiger partial charge in [0.25, 0.3) is 0 Å². The molecule has 0 aromatic heterocycles. The van der Waals surface area contributed by atoms with Gasteiger partial charge in [0.1, 0.15) is 29.7 Å². The smallest absolute Gasteiger partial charge is 0.135 e. The van der Waals surface area contributed by atoms with Crippen LogP contribution in [-0.4, -0.2) is 28.7 Å². The molecule has 0 aliphatic carbocycles. The highest BCUT2D eigenvalue weighted by atomic mass is 16.5. The number of rotatable bonds is 1. The van der Waals surface area contributed by atoms with E-state index in [0.29, 0.717) is 18.0 Å². The normalized spacial score (nSPS) is 15.3. The molecule has 1 atom stereocenters. The summed E-state index contributed by atoms with van der Waals surface area (Å²) >= 11 is 0. The van der Waals surface area contributed by atoms with Crippen molar-refractivity contribution in [2.24, 2.45) is 10.7 Å². The Kier molecular flexibility index (Phi) is 4.85. The Morgan fingerprint density at radius 3 is 2.17 bits per heavy atom. The molecule has 0 bridgehead atoms. The van der Waals surface area contributed by atoms with Crippen LogP contribution in [0.25, 0.3) is 43.8 Å². The third-order valence-electron chi connectivity index (χ3n) is 6.58. The minimum absolute atomic E-state index is 0.0134. The van der Waals surface area contributed by atoms with Gasteiger partial charge in [-0.05, 0) is 47.0 Å². The molecule has 6 rings (SSSR count). The molecule has 5 nitrogen and oxygen atoms in total. The minimum Gasteiger partial charge on any atom is -0.507 e. The van der Waals surface area contributed by atoms with E-state index in [1.165, 1.54) is 0 Å². The number of benzene rings is 5. The number of nitrogens with two attached hydrogens (primary N) is 1. The zero-order chi connectivity index (χ0) is 24.1. The number of hydrogen-bond acceptors (Lipinski definition) is 5. The molecule has 0 fully saturated rings. The number of phenols is 2. The van der Waals surface area contributed by atoms with E-state index < -0.39 is 0 Å². The summed E-state index contributed by atoms with van der Waals surface area (Å²) in [6.45, 7) is 2.34. The van der Waals surface area contributed by atoms with Gasteiger partial charge in [0.05, 0.1) is 11.6 Å². The molecule has 35 heavy (non-hydrogen) atoms. The van der Waals surface area contributed by atoms with Gasteiger partial charge in [0, 0.05) is 21.9 Å². The Morgan fingerprint density at radius 2 is 1.43 bits per heavy atom. The Bertz CT molecular complexity index is 1630. The molecule has 1 aliphatic rings. The van der Waals surface area contributed by atoms with E-state index in [1.54, 1.807) is 18.2 Å². The molecule has 5 aromatic carbocycles. The van der Waals surface area contributed by atoms with Crippen LogP contribution in [0.5, 0.6) is 17.2 Å². The molecule has 1 heterocycles. The molecule has 0 saturated carbocycles. The standard InChI is InChI=1S/C30H24N2O3/c1-17-16-35-29-21-10-3-2-9-19(21)23(28-25(33)13-6-14-26(28)34)15-24(29)20-11-4-7-18-8-5-12-22(27(18)20)30(31)32-17/h2-15,17,33-34H,16H2,1H3,(H2,31,32)/t17-/m1/s1. The van der Waals surface area contributed by atoms with Crippen LogP contribution in [-0.2, 0) is 0 Å². The molecule has 5 heteroatoms. The van der Waals surface area contributed by atoms with E-state index in [2.05, 4.69) is 18.2 Å². The third-order valence-corrected chi connectivity index (χ3v) is 6.58. The van der Waals surface area contributed by atoms with Crippen molar-refractivity contribution in [3.63, 3.8) is 0 Å². The molecule has 0 radical (unpaired) electrons. The minimum atomic E-state index is -0.149. The first kappa shape index (κ1) is 21.1. The lowest BCUT2D eigenvalue weighted by Crippen LogP contribution is -2.21. The summed E-state index contributed by atoms with van der Waals surface area (Å²) in [4.78, 5) is 4.71. The topological polar surface area (TPSA) is 88.1 Å². The van der Waals surface area contributed by atoms with Crippen molar-refractivity contribution in [1.82, 2.24) is 0 Å². The SMILES string of the molecule is C[C@@H]1COc2c(cc(-c3c(O)cccc3O)c3ccccc23)-c2cccc3cccc(c23)C(N)=N1. The molecule has 0 saturated heterocycles. The summed E-state index contributed by atoms with van der Waals surface area (Å²) in [5.74, 6) is 1.24. The van der Waals surface area contributed by atoms with Gasteiger partial charge in [-0.2, -0.15) is 0 Å². The number of nitrogens with zero attached hydrogens (tertiary/aromatic N) is 1. The first-order valence-electron chi connectivity index (χ1n) is 11.6. The summed E-state index contributed by atoms with van der Waals surface area (Å²) in [7, 11) is 0. The third kappa shape index (κ3) is 3.36. The van der Waals surface area contributed by atoms with Crippen molar-refractivity contribution >= 4 is 27.4 Å². The Hall–Kier alpha value is -4.51. The summed E-state index contributed by atoms with van der Waals surface area (Å²) in [6, 6.07) is 26.7. The number of aromatic hydroxyl groups is 2. The van der Waals surface area contributed by atoms with Gasteiger partial charge in [-0.3, -0.25) is 4.99 Å². The highest BCUT2D eigenvalue weighted by Crippen LogP contribution is 2.48. The fourth-order valence-corrected chi connectivity index (χ4v) is 5.04. The average Bonchev–Trinajstić information content (AvgIpc) is 2.86. The largest absolute Gasteiger partial charge is 0.507 e. The van der Waals surface area contributed by atoms with E-state index >= 15 is 0 Å². The van der Waals surface area contributed by atoms with Gasteiger partial charge in [-0.25, -0.2) is 0 Å². The second kappa shape index (κ2) is 8.06. The number of amidine groups is 1. The second-order valence-electron chi connectivity index (χ2n) is 8.90. The summed E-state index contributed by atoms with van der Waals surface area (Å²) < 4.78 is 6.45. The maximum Gasteiger partial charge on any atom is 0.135 e. The monoisotopic (exact) mass is 460 g/mol. The first-order valence-corrected chi connectivity index (χ1v) is 11.6. The Balaban J connectivity index is 1.81. The van der Waals surface area contributed by atoms with Gasteiger partial charge >= 0.3 is 0 Å².